The summed E-state index contributed by atoms with van der Waals surface area (Å²) in [5.74, 6) is 1.38. The van der Waals surface area contributed by atoms with E-state index >= 15 is 0 Å². The third kappa shape index (κ3) is 5.61. The van der Waals surface area contributed by atoms with Crippen molar-refractivity contribution in [2.24, 2.45) is 5.92 Å². The molecule has 0 aromatic carbocycles. The van der Waals surface area contributed by atoms with Crippen molar-refractivity contribution in [2.45, 2.75) is 32.3 Å². The first-order valence-corrected chi connectivity index (χ1v) is 7.02. The van der Waals surface area contributed by atoms with Crippen molar-refractivity contribution in [2.75, 3.05) is 26.8 Å². The second-order valence-corrected chi connectivity index (χ2v) is 4.92. The smallest absolute Gasteiger partial charge is 0.237 e. The Balaban J connectivity index is 0.00000200. The van der Waals surface area contributed by atoms with Crippen molar-refractivity contribution in [3.63, 3.8) is 0 Å². The normalized spacial score (nSPS) is 18.4. The summed E-state index contributed by atoms with van der Waals surface area (Å²) in [5, 5.41) is 3.44. The van der Waals surface area contributed by atoms with Crippen LogP contribution in [0.4, 0.5) is 0 Å². The van der Waals surface area contributed by atoms with Crippen molar-refractivity contribution in [1.29, 1.82) is 0 Å². The number of rotatable bonds is 7. The third-order valence-corrected chi connectivity index (χ3v) is 3.47. The molecule has 0 saturated carbocycles. The first-order chi connectivity index (χ1) is 9.40. The van der Waals surface area contributed by atoms with E-state index in [0.29, 0.717) is 12.5 Å². The summed E-state index contributed by atoms with van der Waals surface area (Å²) in [5.41, 5.74) is 0.768. The Morgan fingerprint density at radius 3 is 2.95 bits per heavy atom. The van der Waals surface area contributed by atoms with E-state index in [1.165, 1.54) is 25.8 Å². The molecule has 5 nitrogen and oxygen atoms in total. The number of hydrogen-bond acceptors (Lipinski definition) is 5. The molecule has 1 aromatic heterocycles. The van der Waals surface area contributed by atoms with Gasteiger partial charge < -0.3 is 14.8 Å². The Labute approximate surface area is 126 Å². The number of ether oxygens (including phenoxy) is 2. The van der Waals surface area contributed by atoms with Crippen LogP contribution in [0.25, 0.3) is 0 Å². The Morgan fingerprint density at radius 1 is 1.35 bits per heavy atom. The van der Waals surface area contributed by atoms with Gasteiger partial charge in [-0.25, -0.2) is 4.98 Å². The lowest BCUT2D eigenvalue weighted by Gasteiger charge is -2.22. The maximum Gasteiger partial charge on any atom is 0.237 e. The molecule has 1 aromatic rings. The van der Waals surface area contributed by atoms with Crippen LogP contribution < -0.4 is 10.1 Å². The van der Waals surface area contributed by atoms with Gasteiger partial charge in [0.2, 0.25) is 5.88 Å². The number of nitrogens with zero attached hydrogens (tertiary/aromatic N) is 2. The van der Waals surface area contributed by atoms with Gasteiger partial charge in [0.15, 0.2) is 0 Å². The molecule has 0 amide bonds. The quantitative estimate of drug-likeness (QED) is 0.783. The lowest BCUT2D eigenvalue weighted by atomic mass is 9.95. The molecule has 1 N–H and O–H groups in total. The lowest BCUT2D eigenvalue weighted by molar-refractivity contribution is 0.107. The molecular formula is C14H24ClN3O2. The minimum atomic E-state index is 0. The Kier molecular flexibility index (Phi) is 8.49. The number of nitrogens with one attached hydrogen (secondary N) is 1. The van der Waals surface area contributed by atoms with Crippen LogP contribution in [0, 0.1) is 5.92 Å². The van der Waals surface area contributed by atoms with Crippen LogP contribution in [0.1, 0.15) is 31.4 Å². The highest BCUT2D eigenvalue weighted by molar-refractivity contribution is 5.85. The highest BCUT2D eigenvalue weighted by Crippen LogP contribution is 2.16. The van der Waals surface area contributed by atoms with Gasteiger partial charge in [0.05, 0.1) is 13.7 Å². The monoisotopic (exact) mass is 301 g/mol. The van der Waals surface area contributed by atoms with E-state index in [4.69, 9.17) is 9.47 Å². The molecule has 0 radical (unpaired) electrons. The molecule has 1 fully saturated rings. The number of aromatic nitrogens is 2. The molecule has 0 bridgehead atoms. The highest BCUT2D eigenvalue weighted by atomic mass is 35.5. The van der Waals surface area contributed by atoms with Crippen molar-refractivity contribution in [3.05, 3.63) is 18.1 Å². The van der Waals surface area contributed by atoms with Crippen LogP contribution in [0.3, 0.4) is 0 Å². The first-order valence-electron chi connectivity index (χ1n) is 7.02. The van der Waals surface area contributed by atoms with Crippen LogP contribution in [0.15, 0.2) is 12.4 Å². The Morgan fingerprint density at radius 2 is 2.20 bits per heavy atom. The van der Waals surface area contributed by atoms with Gasteiger partial charge in [-0.1, -0.05) is 0 Å². The van der Waals surface area contributed by atoms with Crippen LogP contribution >= 0.6 is 12.4 Å². The molecule has 20 heavy (non-hydrogen) atoms. The van der Waals surface area contributed by atoms with Gasteiger partial charge in [0.25, 0.3) is 0 Å². The maximum absolute atomic E-state index is 5.65. The fraction of sp³-hybridized carbons (Fsp3) is 0.714. The number of hydrogen-bond donors (Lipinski definition) is 1. The van der Waals surface area contributed by atoms with Gasteiger partial charge in [-0.05, 0) is 44.7 Å². The van der Waals surface area contributed by atoms with E-state index in [1.54, 1.807) is 19.5 Å². The van der Waals surface area contributed by atoms with E-state index in [0.717, 1.165) is 31.2 Å². The molecular weight excluding hydrogens is 278 g/mol. The molecule has 0 spiro atoms. The average molecular weight is 302 g/mol. The fourth-order valence-electron chi connectivity index (χ4n) is 2.44. The molecule has 2 heterocycles. The van der Waals surface area contributed by atoms with Crippen molar-refractivity contribution in [1.82, 2.24) is 15.3 Å². The highest BCUT2D eigenvalue weighted by Gasteiger charge is 2.12. The molecule has 1 atom stereocenters. The van der Waals surface area contributed by atoms with Crippen LogP contribution in [0.2, 0.25) is 0 Å². The van der Waals surface area contributed by atoms with Gasteiger partial charge in [-0.15, -0.1) is 12.4 Å². The largest absolute Gasteiger partial charge is 0.480 e. The standard InChI is InChI=1S/C14H23N3O2.ClH/c1-18-14-13(16-7-8-17-14)11-19-9-3-5-12-4-2-6-15-10-12;/h7-8,12,15H,2-6,9-11H2,1H3;1H. The molecule has 1 aliphatic rings. The summed E-state index contributed by atoms with van der Waals surface area (Å²) in [7, 11) is 1.60. The van der Waals surface area contributed by atoms with Gasteiger partial charge in [0.1, 0.15) is 5.69 Å². The maximum atomic E-state index is 5.65. The van der Waals surface area contributed by atoms with Crippen LogP contribution in [0.5, 0.6) is 5.88 Å². The van der Waals surface area contributed by atoms with Crippen molar-refractivity contribution < 1.29 is 9.47 Å². The van der Waals surface area contributed by atoms with Gasteiger partial charge in [0, 0.05) is 19.0 Å². The molecule has 1 aliphatic heterocycles. The van der Waals surface area contributed by atoms with Crippen molar-refractivity contribution >= 4 is 12.4 Å². The molecule has 1 unspecified atom stereocenters. The number of piperidine rings is 1. The summed E-state index contributed by atoms with van der Waals surface area (Å²) < 4.78 is 10.8. The SMILES string of the molecule is COc1nccnc1COCCCC1CCCNC1.Cl. The van der Waals surface area contributed by atoms with E-state index in [-0.39, 0.29) is 12.4 Å². The Bertz CT molecular complexity index is 373. The minimum absolute atomic E-state index is 0. The van der Waals surface area contributed by atoms with Gasteiger partial charge in [-0.3, -0.25) is 4.98 Å². The average Bonchev–Trinajstić information content (AvgIpc) is 2.48. The predicted octanol–water partition coefficient (Wildman–Crippen LogP) is 2.20. The zero-order chi connectivity index (χ0) is 13.3. The van der Waals surface area contributed by atoms with Gasteiger partial charge >= 0.3 is 0 Å². The minimum Gasteiger partial charge on any atom is -0.480 e. The van der Waals surface area contributed by atoms with E-state index in [9.17, 15) is 0 Å². The lowest BCUT2D eigenvalue weighted by Crippen LogP contribution is -2.29. The number of methoxy groups -OCH3 is 1. The Hall–Kier alpha value is -0.910. The van der Waals surface area contributed by atoms with E-state index in [1.807, 2.05) is 0 Å². The molecule has 0 aliphatic carbocycles. The van der Waals surface area contributed by atoms with Crippen molar-refractivity contribution in [3.8, 4) is 5.88 Å². The van der Waals surface area contributed by atoms with Crippen LogP contribution in [-0.2, 0) is 11.3 Å². The molecule has 1 saturated heterocycles. The van der Waals surface area contributed by atoms with E-state index < -0.39 is 0 Å². The van der Waals surface area contributed by atoms with Crippen LogP contribution in [-0.4, -0.2) is 36.8 Å². The second-order valence-electron chi connectivity index (χ2n) is 4.92. The van der Waals surface area contributed by atoms with Gasteiger partial charge in [-0.2, -0.15) is 0 Å². The molecule has 2 rings (SSSR count). The second kappa shape index (κ2) is 9.91. The topological polar surface area (TPSA) is 56.3 Å². The summed E-state index contributed by atoms with van der Waals surface area (Å²) in [6.07, 6.45) is 8.29. The summed E-state index contributed by atoms with van der Waals surface area (Å²) in [6, 6.07) is 0. The first kappa shape index (κ1) is 17.1. The third-order valence-electron chi connectivity index (χ3n) is 3.47. The summed E-state index contributed by atoms with van der Waals surface area (Å²) in [4.78, 5) is 8.31. The zero-order valence-corrected chi connectivity index (χ0v) is 12.8. The fourth-order valence-corrected chi connectivity index (χ4v) is 2.44. The summed E-state index contributed by atoms with van der Waals surface area (Å²) >= 11 is 0. The molecule has 114 valence electrons. The zero-order valence-electron chi connectivity index (χ0n) is 12.0. The molecule has 6 heteroatoms. The number of halogens is 1. The predicted molar refractivity (Wildman–Crippen MR) is 80.3 cm³/mol. The summed E-state index contributed by atoms with van der Waals surface area (Å²) in [6.45, 7) is 3.59. The van der Waals surface area contributed by atoms with E-state index in [2.05, 4.69) is 15.3 Å².